The number of aliphatic hydroxyl groups excluding tert-OH is 1. The molecular weight excluding hydrogens is 332 g/mol. The van der Waals surface area contributed by atoms with Crippen molar-refractivity contribution in [3.63, 3.8) is 0 Å². The minimum absolute atomic E-state index is 0.260. The van der Waals surface area contributed by atoms with E-state index in [2.05, 4.69) is 36.9 Å². The van der Waals surface area contributed by atoms with Gasteiger partial charge in [-0.25, -0.2) is 0 Å². The summed E-state index contributed by atoms with van der Waals surface area (Å²) < 4.78 is 0. The molecule has 2 rings (SSSR count). The molecule has 2 N–H and O–H groups in total. The van der Waals surface area contributed by atoms with E-state index in [9.17, 15) is 9.90 Å². The van der Waals surface area contributed by atoms with Crippen molar-refractivity contribution in [2.75, 3.05) is 0 Å². The number of aliphatic hydroxyl groups is 1. The van der Waals surface area contributed by atoms with E-state index >= 15 is 0 Å². The lowest BCUT2D eigenvalue weighted by molar-refractivity contribution is -0.137. The minimum atomic E-state index is -0.708. The number of hydrogen-bond donors (Lipinski definition) is 2. The lowest BCUT2D eigenvalue weighted by Gasteiger charge is -2.27. The Morgan fingerprint density at radius 3 is 2.76 bits per heavy atom. The molecule has 142 valence electrons. The zero-order valence-corrected chi connectivity index (χ0v) is 16.3. The smallest absolute Gasteiger partial charge is 0.303 e. The summed E-state index contributed by atoms with van der Waals surface area (Å²) in [5.74, 6) is 0.562. The van der Waals surface area contributed by atoms with Crippen molar-refractivity contribution in [3.05, 3.63) is 24.3 Å². The van der Waals surface area contributed by atoms with Crippen molar-refractivity contribution in [3.8, 4) is 0 Å². The maximum absolute atomic E-state index is 10.5. The average Bonchev–Trinajstić information content (AvgIpc) is 3.17. The number of allylic oxidation sites excluding steroid dienone is 3. The van der Waals surface area contributed by atoms with Crippen LogP contribution in [0.4, 0.5) is 0 Å². The number of carbonyl (C=O) groups is 1. The van der Waals surface area contributed by atoms with Crippen LogP contribution in [0.15, 0.2) is 24.3 Å². The number of unbranched alkanes of at least 4 members (excludes halogenated alkanes) is 3. The van der Waals surface area contributed by atoms with E-state index < -0.39 is 5.97 Å². The van der Waals surface area contributed by atoms with Crippen molar-refractivity contribution < 1.29 is 15.0 Å². The molecule has 0 amide bonds. The number of thioether (sulfide) groups is 1. The summed E-state index contributed by atoms with van der Waals surface area (Å²) >= 11 is 2.15. The number of rotatable bonds is 12. The molecule has 5 atom stereocenters. The standard InChI is InChI=1S/C21H34O3S/c1-2-3-6-9-16(22)12-13-18-17(19-14-15-20(18)25-19)10-7-4-5-8-11-21(23)24/h4,7,12-13,16-20,22H,2-3,5-6,8-11,14-15H2,1H3,(H,23,24)/t16?,17-,18-,19-,20+/m0/s1. The van der Waals surface area contributed by atoms with Crippen LogP contribution >= 0.6 is 11.8 Å². The maximum atomic E-state index is 10.5. The zero-order chi connectivity index (χ0) is 18.1. The summed E-state index contributed by atoms with van der Waals surface area (Å²) in [7, 11) is 0. The third-order valence-electron chi connectivity index (χ3n) is 5.48. The molecule has 0 radical (unpaired) electrons. The molecule has 0 saturated carbocycles. The van der Waals surface area contributed by atoms with Crippen molar-refractivity contribution >= 4 is 17.7 Å². The molecule has 3 nitrogen and oxygen atoms in total. The molecule has 2 aliphatic rings. The molecule has 0 aliphatic carbocycles. The Balaban J connectivity index is 1.78. The van der Waals surface area contributed by atoms with Gasteiger partial charge in [0.05, 0.1) is 6.10 Å². The number of carboxylic acids is 1. The molecule has 2 bridgehead atoms. The van der Waals surface area contributed by atoms with Gasteiger partial charge in [0.15, 0.2) is 0 Å². The van der Waals surface area contributed by atoms with Gasteiger partial charge in [0, 0.05) is 16.9 Å². The molecule has 25 heavy (non-hydrogen) atoms. The average molecular weight is 367 g/mol. The summed E-state index contributed by atoms with van der Waals surface area (Å²) in [4.78, 5) is 10.5. The Labute approximate surface area is 157 Å². The van der Waals surface area contributed by atoms with E-state index in [4.69, 9.17) is 5.11 Å². The van der Waals surface area contributed by atoms with Gasteiger partial charge in [-0.3, -0.25) is 4.79 Å². The highest BCUT2D eigenvalue weighted by Crippen LogP contribution is 2.54. The van der Waals surface area contributed by atoms with Crippen molar-refractivity contribution in [2.45, 2.75) is 87.7 Å². The highest BCUT2D eigenvalue weighted by molar-refractivity contribution is 8.01. The topological polar surface area (TPSA) is 57.5 Å². The van der Waals surface area contributed by atoms with E-state index in [0.717, 1.165) is 42.6 Å². The van der Waals surface area contributed by atoms with E-state index in [0.29, 0.717) is 11.8 Å². The predicted molar refractivity (Wildman–Crippen MR) is 106 cm³/mol. The monoisotopic (exact) mass is 366 g/mol. The van der Waals surface area contributed by atoms with Crippen LogP contribution in [-0.2, 0) is 4.79 Å². The van der Waals surface area contributed by atoms with Crippen LogP contribution in [0.2, 0.25) is 0 Å². The fourth-order valence-corrected chi connectivity index (χ4v) is 6.05. The normalized spacial score (nSPS) is 29.8. The van der Waals surface area contributed by atoms with Crippen molar-refractivity contribution in [1.82, 2.24) is 0 Å². The quantitative estimate of drug-likeness (QED) is 0.368. The van der Waals surface area contributed by atoms with Crippen LogP contribution in [0, 0.1) is 11.8 Å². The first-order chi connectivity index (χ1) is 12.1. The highest BCUT2D eigenvalue weighted by Gasteiger charge is 2.46. The van der Waals surface area contributed by atoms with Crippen molar-refractivity contribution in [2.24, 2.45) is 11.8 Å². The van der Waals surface area contributed by atoms with Gasteiger partial charge in [0.25, 0.3) is 0 Å². The number of aliphatic carboxylic acids is 1. The van der Waals surface area contributed by atoms with E-state index in [1.165, 1.54) is 25.7 Å². The van der Waals surface area contributed by atoms with Crippen LogP contribution < -0.4 is 0 Å². The minimum Gasteiger partial charge on any atom is -0.481 e. The lowest BCUT2D eigenvalue weighted by atomic mass is 9.77. The second kappa shape index (κ2) is 11.1. The Bertz CT molecular complexity index is 460. The third-order valence-corrected chi connectivity index (χ3v) is 7.32. The Hall–Kier alpha value is -0.740. The summed E-state index contributed by atoms with van der Waals surface area (Å²) in [6.07, 6.45) is 18.4. The number of fused-ring (bicyclic) bond motifs is 2. The Kier molecular flexibility index (Phi) is 9.11. The Morgan fingerprint density at radius 2 is 2.00 bits per heavy atom. The molecular formula is C21H34O3S. The molecule has 2 saturated heterocycles. The van der Waals surface area contributed by atoms with Gasteiger partial charge in [-0.05, 0) is 50.4 Å². The zero-order valence-electron chi connectivity index (χ0n) is 15.5. The van der Waals surface area contributed by atoms with Crippen LogP contribution in [0.3, 0.4) is 0 Å². The molecule has 2 heterocycles. The molecule has 0 aromatic carbocycles. The Morgan fingerprint density at radius 1 is 1.20 bits per heavy atom. The third kappa shape index (κ3) is 6.82. The second-order valence-corrected chi connectivity index (χ2v) is 8.96. The fourth-order valence-electron chi connectivity index (χ4n) is 4.09. The first kappa shape index (κ1) is 20.6. The van der Waals surface area contributed by atoms with Gasteiger partial charge in [0.1, 0.15) is 0 Å². The van der Waals surface area contributed by atoms with E-state index in [1.807, 2.05) is 6.08 Å². The first-order valence-electron chi connectivity index (χ1n) is 10.0. The van der Waals surface area contributed by atoms with Crippen molar-refractivity contribution in [1.29, 1.82) is 0 Å². The summed E-state index contributed by atoms with van der Waals surface area (Å²) in [5.41, 5.74) is 0. The summed E-state index contributed by atoms with van der Waals surface area (Å²) in [6.45, 7) is 2.19. The van der Waals surface area contributed by atoms with Gasteiger partial charge in [-0.1, -0.05) is 50.5 Å². The van der Waals surface area contributed by atoms with Gasteiger partial charge >= 0.3 is 5.97 Å². The van der Waals surface area contributed by atoms with E-state index in [-0.39, 0.29) is 12.5 Å². The van der Waals surface area contributed by atoms with Gasteiger partial charge < -0.3 is 10.2 Å². The predicted octanol–water partition coefficient (Wildman–Crippen LogP) is 5.20. The van der Waals surface area contributed by atoms with Crippen LogP contribution in [0.1, 0.15) is 71.1 Å². The van der Waals surface area contributed by atoms with Gasteiger partial charge in [0.2, 0.25) is 0 Å². The lowest BCUT2D eigenvalue weighted by Crippen LogP contribution is -2.25. The molecule has 4 heteroatoms. The molecule has 2 aliphatic heterocycles. The van der Waals surface area contributed by atoms with E-state index in [1.54, 1.807) is 0 Å². The summed E-state index contributed by atoms with van der Waals surface area (Å²) in [6, 6.07) is 0. The number of hydrogen-bond acceptors (Lipinski definition) is 3. The second-order valence-electron chi connectivity index (χ2n) is 7.47. The molecule has 0 aromatic heterocycles. The molecule has 1 unspecified atom stereocenters. The molecule has 0 spiro atoms. The molecule has 2 fully saturated rings. The largest absolute Gasteiger partial charge is 0.481 e. The SMILES string of the molecule is CCCCCC(O)C=C[C@H]1[C@H](CC=CCCCC(=O)O)[C@@H]2CC[C@H]1S2. The van der Waals surface area contributed by atoms with Gasteiger partial charge in [-0.2, -0.15) is 11.8 Å². The fraction of sp³-hybridized carbons (Fsp3) is 0.762. The van der Waals surface area contributed by atoms with Crippen LogP contribution in [-0.4, -0.2) is 32.8 Å². The van der Waals surface area contributed by atoms with Crippen LogP contribution in [0.25, 0.3) is 0 Å². The van der Waals surface area contributed by atoms with Gasteiger partial charge in [-0.15, -0.1) is 0 Å². The molecule has 0 aromatic rings. The van der Waals surface area contributed by atoms with Crippen LogP contribution in [0.5, 0.6) is 0 Å². The number of carboxylic acid groups (broad SMARTS) is 1. The summed E-state index contributed by atoms with van der Waals surface area (Å²) in [5, 5.41) is 20.3. The maximum Gasteiger partial charge on any atom is 0.303 e. The highest BCUT2D eigenvalue weighted by atomic mass is 32.2. The first-order valence-corrected chi connectivity index (χ1v) is 10.9.